The lowest BCUT2D eigenvalue weighted by Crippen LogP contribution is -2.53. The monoisotopic (exact) mass is 615 g/mol. The van der Waals surface area contributed by atoms with E-state index in [9.17, 15) is 35.9 Å². The molecule has 2 aromatic carbocycles. The van der Waals surface area contributed by atoms with Crippen LogP contribution in [0, 0.1) is 0 Å². The van der Waals surface area contributed by atoms with E-state index < -0.39 is 30.3 Å². The van der Waals surface area contributed by atoms with Gasteiger partial charge in [-0.1, -0.05) is 59.8 Å². The second kappa shape index (κ2) is 14.1. The molecule has 0 bridgehead atoms. The van der Waals surface area contributed by atoms with Crippen molar-refractivity contribution in [3.05, 3.63) is 71.6 Å². The van der Waals surface area contributed by atoms with Gasteiger partial charge in [0.2, 0.25) is 17.6 Å². The molecule has 3 atom stereocenters. The Hall–Kier alpha value is -4.47. The Bertz CT molecular complexity index is 1380. The molecule has 4 rings (SSSR count). The molecule has 232 valence electrons. The number of carbonyl (C=O) groups excluding carboxylic acids is 2. The van der Waals surface area contributed by atoms with Crippen LogP contribution in [-0.4, -0.2) is 57.8 Å². The Balaban J connectivity index is 0.000000646. The molecule has 0 radical (unpaired) electrons. The number of carbonyl (C=O) groups is 3. The highest BCUT2D eigenvalue weighted by atomic mass is 19.4. The molecule has 1 saturated heterocycles. The second-order valence-corrected chi connectivity index (χ2v) is 9.51. The predicted molar refractivity (Wildman–Crippen MR) is 138 cm³/mol. The molecule has 4 N–H and O–H groups in total. The maximum atomic E-state index is 12.8. The number of nitrogens with zero attached hydrogens (tertiary/aromatic N) is 2. The van der Waals surface area contributed by atoms with Gasteiger partial charge in [0, 0.05) is 12.1 Å². The second-order valence-electron chi connectivity index (χ2n) is 9.51. The molecule has 0 saturated carbocycles. The van der Waals surface area contributed by atoms with Crippen LogP contribution in [0.5, 0.6) is 0 Å². The average molecular weight is 616 g/mol. The van der Waals surface area contributed by atoms with Gasteiger partial charge < -0.3 is 25.6 Å². The Morgan fingerprint density at radius 3 is 2.23 bits per heavy atom. The molecule has 0 spiro atoms. The number of carboxylic acids is 1. The third kappa shape index (κ3) is 9.80. The van der Waals surface area contributed by atoms with E-state index in [1.807, 2.05) is 18.2 Å². The fourth-order valence-corrected chi connectivity index (χ4v) is 4.09. The number of benzene rings is 2. The van der Waals surface area contributed by atoms with Crippen molar-refractivity contribution in [3.63, 3.8) is 0 Å². The number of aromatic nitrogens is 2. The Morgan fingerprint density at radius 1 is 1.05 bits per heavy atom. The van der Waals surface area contributed by atoms with Crippen molar-refractivity contribution in [2.75, 3.05) is 6.54 Å². The van der Waals surface area contributed by atoms with Crippen LogP contribution < -0.4 is 16.0 Å². The summed E-state index contributed by atoms with van der Waals surface area (Å²) in [6.07, 6.45) is -8.20. The smallest absolute Gasteiger partial charge is 0.475 e. The van der Waals surface area contributed by atoms with Crippen LogP contribution in [0.2, 0.25) is 0 Å². The summed E-state index contributed by atoms with van der Waals surface area (Å²) in [6, 6.07) is 15.3. The van der Waals surface area contributed by atoms with Gasteiger partial charge in [-0.15, -0.1) is 0 Å². The van der Waals surface area contributed by atoms with Crippen LogP contribution in [0.25, 0.3) is 11.4 Å². The number of piperidine rings is 1. The summed E-state index contributed by atoms with van der Waals surface area (Å²) in [5.41, 5.74) is 2.26. The molecule has 1 aliphatic rings. The van der Waals surface area contributed by atoms with Crippen molar-refractivity contribution in [1.29, 1.82) is 0 Å². The van der Waals surface area contributed by atoms with Crippen molar-refractivity contribution in [2.45, 2.75) is 56.7 Å². The first-order valence-electron chi connectivity index (χ1n) is 12.8. The zero-order valence-electron chi connectivity index (χ0n) is 22.5. The SMILES string of the molecule is C[C@H](NC(=O)[C@H]1C[C@@H](c2ccccc2)CCN1)C(=O)NCc1ccc(-c2noc(C(F)(F)F)n2)cc1.O=C(O)C(F)(F)F. The molecular formula is C27H27F6N5O5. The van der Waals surface area contributed by atoms with Gasteiger partial charge in [0.1, 0.15) is 6.04 Å². The molecule has 16 heteroatoms. The van der Waals surface area contributed by atoms with Gasteiger partial charge in [-0.3, -0.25) is 9.59 Å². The van der Waals surface area contributed by atoms with Crippen LogP contribution in [0.4, 0.5) is 26.3 Å². The molecule has 3 aromatic rings. The van der Waals surface area contributed by atoms with E-state index >= 15 is 0 Å². The zero-order valence-corrected chi connectivity index (χ0v) is 22.5. The van der Waals surface area contributed by atoms with E-state index in [1.165, 1.54) is 17.7 Å². The molecule has 1 aromatic heterocycles. The lowest BCUT2D eigenvalue weighted by Gasteiger charge is -2.30. The van der Waals surface area contributed by atoms with Crippen molar-refractivity contribution in [2.24, 2.45) is 0 Å². The minimum atomic E-state index is -5.08. The number of halogens is 6. The molecular weight excluding hydrogens is 588 g/mol. The average Bonchev–Trinajstić information content (AvgIpc) is 3.48. The standard InChI is InChI=1S/C25H26F3N5O3.C2HF3O2/c1-15(31-23(35)20-13-19(11-12-29-20)17-5-3-2-4-6-17)22(34)30-14-16-7-9-18(10-8-16)21-32-24(36-33-21)25(26,27)28;3-2(4,5)1(6)7/h2-10,15,19-20,29H,11-14H2,1H3,(H,30,34)(H,31,35);(H,6,7)/t15-,19-,20+;/m0./s1. The summed E-state index contributed by atoms with van der Waals surface area (Å²) in [6.45, 7) is 2.51. The van der Waals surface area contributed by atoms with Crippen LogP contribution in [-0.2, 0) is 27.1 Å². The number of alkyl halides is 6. The number of rotatable bonds is 7. The fourth-order valence-electron chi connectivity index (χ4n) is 4.09. The molecule has 0 aliphatic carbocycles. The maximum absolute atomic E-state index is 12.8. The highest BCUT2D eigenvalue weighted by molar-refractivity contribution is 5.89. The van der Waals surface area contributed by atoms with Gasteiger partial charge in [0.15, 0.2) is 0 Å². The number of amides is 2. The van der Waals surface area contributed by atoms with E-state index in [4.69, 9.17) is 9.90 Å². The molecule has 2 amide bonds. The highest BCUT2D eigenvalue weighted by Gasteiger charge is 2.39. The third-order valence-electron chi connectivity index (χ3n) is 6.33. The summed E-state index contributed by atoms with van der Waals surface area (Å²) in [5.74, 6) is -4.64. The summed E-state index contributed by atoms with van der Waals surface area (Å²) in [5, 5.41) is 19.2. The number of aliphatic carboxylic acids is 1. The van der Waals surface area contributed by atoms with E-state index in [-0.39, 0.29) is 36.1 Å². The summed E-state index contributed by atoms with van der Waals surface area (Å²) < 4.78 is 73.9. The predicted octanol–water partition coefficient (Wildman–Crippen LogP) is 4.05. The summed E-state index contributed by atoms with van der Waals surface area (Å²) >= 11 is 0. The van der Waals surface area contributed by atoms with Crippen molar-refractivity contribution >= 4 is 17.8 Å². The van der Waals surface area contributed by atoms with Crippen LogP contribution in [0.1, 0.15) is 42.7 Å². The van der Waals surface area contributed by atoms with Gasteiger partial charge >= 0.3 is 24.2 Å². The van der Waals surface area contributed by atoms with Crippen molar-refractivity contribution < 1.29 is 50.4 Å². The van der Waals surface area contributed by atoms with E-state index in [2.05, 4.69) is 42.7 Å². The first kappa shape index (κ1) is 33.0. The molecule has 1 fully saturated rings. The Kier molecular flexibility index (Phi) is 10.9. The number of hydrogen-bond donors (Lipinski definition) is 4. The quantitative estimate of drug-likeness (QED) is 0.292. The van der Waals surface area contributed by atoms with Crippen LogP contribution >= 0.6 is 0 Å². The summed E-state index contributed by atoms with van der Waals surface area (Å²) in [7, 11) is 0. The van der Waals surface area contributed by atoms with Gasteiger partial charge in [0.25, 0.3) is 0 Å². The maximum Gasteiger partial charge on any atom is 0.490 e. The Morgan fingerprint density at radius 2 is 1.67 bits per heavy atom. The molecule has 0 unspecified atom stereocenters. The highest BCUT2D eigenvalue weighted by Crippen LogP contribution is 2.30. The topological polar surface area (TPSA) is 146 Å². The fraction of sp³-hybridized carbons (Fsp3) is 0.370. The van der Waals surface area contributed by atoms with E-state index in [1.54, 1.807) is 19.1 Å². The first-order valence-corrected chi connectivity index (χ1v) is 12.8. The minimum absolute atomic E-state index is 0.178. The van der Waals surface area contributed by atoms with Crippen LogP contribution in [0.3, 0.4) is 0 Å². The van der Waals surface area contributed by atoms with Gasteiger partial charge in [0.05, 0.1) is 6.04 Å². The lowest BCUT2D eigenvalue weighted by molar-refractivity contribution is -0.192. The minimum Gasteiger partial charge on any atom is -0.475 e. The molecule has 2 heterocycles. The molecule has 1 aliphatic heterocycles. The normalized spacial score (nSPS) is 17.7. The van der Waals surface area contributed by atoms with Crippen molar-refractivity contribution in [1.82, 2.24) is 26.1 Å². The molecule has 10 nitrogen and oxygen atoms in total. The van der Waals surface area contributed by atoms with Gasteiger partial charge in [-0.05, 0) is 43.4 Å². The summed E-state index contributed by atoms with van der Waals surface area (Å²) in [4.78, 5) is 37.5. The molecule has 43 heavy (non-hydrogen) atoms. The van der Waals surface area contributed by atoms with Crippen LogP contribution in [0.15, 0.2) is 59.1 Å². The third-order valence-corrected chi connectivity index (χ3v) is 6.33. The van der Waals surface area contributed by atoms with E-state index in [0.29, 0.717) is 17.5 Å². The van der Waals surface area contributed by atoms with E-state index in [0.717, 1.165) is 13.0 Å². The largest absolute Gasteiger partial charge is 0.490 e. The number of carboxylic acid groups (broad SMARTS) is 1. The lowest BCUT2D eigenvalue weighted by atomic mass is 9.86. The Labute approximate surface area is 240 Å². The first-order chi connectivity index (χ1) is 20.1. The number of hydrogen-bond acceptors (Lipinski definition) is 7. The number of nitrogens with one attached hydrogen (secondary N) is 3. The van der Waals surface area contributed by atoms with Gasteiger partial charge in [-0.25, -0.2) is 4.79 Å². The van der Waals surface area contributed by atoms with Gasteiger partial charge in [-0.2, -0.15) is 31.3 Å². The van der Waals surface area contributed by atoms with Crippen molar-refractivity contribution in [3.8, 4) is 11.4 Å². The zero-order chi connectivity index (χ0) is 31.8.